The van der Waals surface area contributed by atoms with Crippen molar-refractivity contribution in [1.29, 1.82) is 0 Å². The summed E-state index contributed by atoms with van der Waals surface area (Å²) in [7, 11) is 1.54. The Balaban J connectivity index is 1.73. The number of carbonyl (C=O) groups excluding carboxylic acids is 2. The second kappa shape index (κ2) is 6.00. The predicted molar refractivity (Wildman–Crippen MR) is 88.2 cm³/mol. The number of hydrogen-bond acceptors (Lipinski definition) is 6. The molecule has 2 aliphatic rings. The van der Waals surface area contributed by atoms with Crippen LogP contribution in [0.3, 0.4) is 0 Å². The minimum atomic E-state index is -0.425. The molecule has 3 rings (SSSR count). The highest BCUT2D eigenvalue weighted by atomic mass is 32.2. The van der Waals surface area contributed by atoms with Crippen LogP contribution in [-0.2, 0) is 9.59 Å². The van der Waals surface area contributed by atoms with Crippen LogP contribution < -0.4 is 10.1 Å². The van der Waals surface area contributed by atoms with Crippen LogP contribution >= 0.6 is 23.5 Å². The fraction of sp³-hybridized carbons (Fsp3) is 0.500. The molecular formula is C14H17N3O3S2. The molecule has 8 heteroatoms. The number of anilines is 1. The van der Waals surface area contributed by atoms with Crippen LogP contribution in [0.5, 0.6) is 5.88 Å². The highest BCUT2D eigenvalue weighted by Gasteiger charge is 2.51. The molecule has 2 amide bonds. The van der Waals surface area contributed by atoms with Crippen LogP contribution in [0.1, 0.15) is 6.92 Å². The molecule has 1 aromatic heterocycles. The quantitative estimate of drug-likeness (QED) is 0.898. The second-order valence-corrected chi connectivity index (χ2v) is 7.82. The number of fused-ring (bicyclic) bond motifs is 1. The van der Waals surface area contributed by atoms with Gasteiger partial charge >= 0.3 is 0 Å². The number of pyridine rings is 1. The molecule has 0 aliphatic carbocycles. The van der Waals surface area contributed by atoms with Gasteiger partial charge in [-0.05, 0) is 13.0 Å². The summed E-state index contributed by atoms with van der Waals surface area (Å²) in [5.41, 5.74) is 0.600. The van der Waals surface area contributed by atoms with E-state index in [9.17, 15) is 9.59 Å². The molecule has 22 heavy (non-hydrogen) atoms. The number of carbonyl (C=O) groups is 2. The summed E-state index contributed by atoms with van der Waals surface area (Å²) < 4.78 is 4.99. The van der Waals surface area contributed by atoms with Crippen LogP contribution in [0.4, 0.5) is 5.69 Å². The van der Waals surface area contributed by atoms with E-state index in [1.165, 1.54) is 7.11 Å². The summed E-state index contributed by atoms with van der Waals surface area (Å²) in [6.45, 7) is 2.03. The maximum absolute atomic E-state index is 12.5. The zero-order chi connectivity index (χ0) is 15.7. The smallest absolute Gasteiger partial charge is 0.248 e. The van der Waals surface area contributed by atoms with Gasteiger partial charge in [0.1, 0.15) is 6.04 Å². The molecule has 1 N–H and O–H groups in total. The number of nitrogens with one attached hydrogen (secondary N) is 1. The Morgan fingerprint density at radius 3 is 3.05 bits per heavy atom. The lowest BCUT2D eigenvalue weighted by Crippen LogP contribution is -2.56. The molecule has 0 spiro atoms. The first kappa shape index (κ1) is 15.5. The third kappa shape index (κ3) is 2.77. The molecule has 0 saturated carbocycles. The topological polar surface area (TPSA) is 71.5 Å². The molecule has 3 heterocycles. The van der Waals surface area contributed by atoms with Crippen molar-refractivity contribution in [1.82, 2.24) is 9.88 Å². The van der Waals surface area contributed by atoms with Crippen LogP contribution in [-0.4, -0.2) is 57.0 Å². The molecule has 2 unspecified atom stereocenters. The fourth-order valence-corrected chi connectivity index (χ4v) is 5.37. The number of rotatable bonds is 3. The summed E-state index contributed by atoms with van der Waals surface area (Å²) in [6, 6.07) is 3.00. The molecular weight excluding hydrogens is 322 g/mol. The van der Waals surface area contributed by atoms with Gasteiger partial charge < -0.3 is 15.0 Å². The highest BCUT2D eigenvalue weighted by Crippen LogP contribution is 2.44. The van der Waals surface area contributed by atoms with E-state index in [1.807, 2.05) is 6.92 Å². The number of ether oxygens (including phenoxy) is 1. The van der Waals surface area contributed by atoms with Gasteiger partial charge in [0.2, 0.25) is 17.7 Å². The molecule has 1 aromatic rings. The lowest BCUT2D eigenvalue weighted by Gasteiger charge is -2.40. The molecule has 0 bridgehead atoms. The van der Waals surface area contributed by atoms with Crippen molar-refractivity contribution in [2.75, 3.05) is 29.7 Å². The molecule has 6 nitrogen and oxygen atoms in total. The van der Waals surface area contributed by atoms with E-state index in [2.05, 4.69) is 10.3 Å². The summed E-state index contributed by atoms with van der Waals surface area (Å²) in [4.78, 5) is 30.3. The van der Waals surface area contributed by atoms with Gasteiger partial charge in [-0.25, -0.2) is 4.98 Å². The lowest BCUT2D eigenvalue weighted by atomic mass is 10.2. The number of hydrogen-bond donors (Lipinski definition) is 1. The average molecular weight is 339 g/mol. The first-order valence-corrected chi connectivity index (χ1v) is 9.02. The largest absolute Gasteiger partial charge is 0.481 e. The van der Waals surface area contributed by atoms with Gasteiger partial charge in [0, 0.05) is 17.6 Å². The van der Waals surface area contributed by atoms with E-state index in [-0.39, 0.29) is 16.7 Å². The summed E-state index contributed by atoms with van der Waals surface area (Å²) in [6.07, 6.45) is 1.55. The van der Waals surface area contributed by atoms with Crippen molar-refractivity contribution in [3.05, 3.63) is 18.3 Å². The normalized spacial score (nSPS) is 27.5. The van der Waals surface area contributed by atoms with Gasteiger partial charge in [-0.3, -0.25) is 9.59 Å². The van der Waals surface area contributed by atoms with E-state index >= 15 is 0 Å². The van der Waals surface area contributed by atoms with Crippen LogP contribution in [0.2, 0.25) is 0 Å². The highest BCUT2D eigenvalue weighted by molar-refractivity contribution is 8.04. The fourth-order valence-electron chi connectivity index (χ4n) is 2.67. The van der Waals surface area contributed by atoms with E-state index in [0.717, 1.165) is 5.75 Å². The van der Waals surface area contributed by atoms with Crippen molar-refractivity contribution in [2.24, 2.45) is 0 Å². The third-order valence-electron chi connectivity index (χ3n) is 3.75. The Hall–Kier alpha value is -1.41. The first-order chi connectivity index (χ1) is 10.5. The van der Waals surface area contributed by atoms with E-state index in [4.69, 9.17) is 4.74 Å². The van der Waals surface area contributed by atoms with E-state index in [0.29, 0.717) is 23.1 Å². The standard InChI is InChI=1S/C14H17N3O3S2/c1-14-8-21-7-12(18)17(14)10(6-22-14)13(19)16-9-3-4-11(20-2)15-5-9/h3-5,10H,6-8H2,1-2H3,(H,16,19). The van der Waals surface area contributed by atoms with E-state index < -0.39 is 6.04 Å². The van der Waals surface area contributed by atoms with Gasteiger partial charge in [0.05, 0.1) is 29.6 Å². The van der Waals surface area contributed by atoms with E-state index in [1.54, 1.807) is 46.8 Å². The summed E-state index contributed by atoms with van der Waals surface area (Å²) in [5, 5.41) is 2.83. The predicted octanol–water partition coefficient (Wildman–Crippen LogP) is 1.44. The SMILES string of the molecule is COc1ccc(NC(=O)C2CSC3(C)CSCC(=O)N23)cn1. The number of aromatic nitrogens is 1. The summed E-state index contributed by atoms with van der Waals surface area (Å²) in [5.74, 6) is 2.30. The monoisotopic (exact) mass is 339 g/mol. The van der Waals surface area contributed by atoms with Gasteiger partial charge in [-0.2, -0.15) is 0 Å². The van der Waals surface area contributed by atoms with Crippen molar-refractivity contribution in [3.63, 3.8) is 0 Å². The van der Waals surface area contributed by atoms with Crippen molar-refractivity contribution in [3.8, 4) is 5.88 Å². The number of thioether (sulfide) groups is 2. The van der Waals surface area contributed by atoms with Crippen LogP contribution in [0.25, 0.3) is 0 Å². The Morgan fingerprint density at radius 1 is 1.55 bits per heavy atom. The maximum Gasteiger partial charge on any atom is 0.248 e. The van der Waals surface area contributed by atoms with Crippen LogP contribution in [0.15, 0.2) is 18.3 Å². The van der Waals surface area contributed by atoms with Crippen LogP contribution in [0, 0.1) is 0 Å². The average Bonchev–Trinajstić information content (AvgIpc) is 2.87. The molecule has 2 saturated heterocycles. The Labute approximate surface area is 137 Å². The number of methoxy groups -OCH3 is 1. The van der Waals surface area contributed by atoms with Gasteiger partial charge in [-0.1, -0.05) is 0 Å². The molecule has 118 valence electrons. The molecule has 2 atom stereocenters. The van der Waals surface area contributed by atoms with Gasteiger partial charge in [-0.15, -0.1) is 23.5 Å². The third-order valence-corrected chi connectivity index (χ3v) is 6.60. The maximum atomic E-state index is 12.5. The molecule has 0 aromatic carbocycles. The molecule has 0 radical (unpaired) electrons. The Kier molecular flexibility index (Phi) is 4.22. The van der Waals surface area contributed by atoms with Crippen molar-refractivity contribution in [2.45, 2.75) is 17.8 Å². The molecule has 2 aliphatic heterocycles. The minimum Gasteiger partial charge on any atom is -0.481 e. The first-order valence-electron chi connectivity index (χ1n) is 6.88. The van der Waals surface area contributed by atoms with Gasteiger partial charge in [0.15, 0.2) is 0 Å². The Morgan fingerprint density at radius 2 is 2.36 bits per heavy atom. The minimum absolute atomic E-state index is 0.0387. The zero-order valence-electron chi connectivity index (χ0n) is 12.4. The number of nitrogens with zero attached hydrogens (tertiary/aromatic N) is 2. The van der Waals surface area contributed by atoms with Crippen molar-refractivity contribution >= 4 is 41.0 Å². The van der Waals surface area contributed by atoms with Gasteiger partial charge in [0.25, 0.3) is 0 Å². The second-order valence-electron chi connectivity index (χ2n) is 5.34. The summed E-state index contributed by atoms with van der Waals surface area (Å²) >= 11 is 3.31. The Bertz CT molecular complexity index is 596. The molecule has 2 fully saturated rings. The van der Waals surface area contributed by atoms with Crippen molar-refractivity contribution < 1.29 is 14.3 Å². The zero-order valence-corrected chi connectivity index (χ0v) is 14.0. The number of amides is 2. The lowest BCUT2D eigenvalue weighted by molar-refractivity contribution is -0.138.